The molecule has 170 valence electrons. The van der Waals surface area contributed by atoms with Gasteiger partial charge < -0.3 is 16.4 Å². The number of nitrogen functional groups attached to an aromatic ring is 1. The van der Waals surface area contributed by atoms with E-state index in [1.165, 1.54) is 17.4 Å². The first-order valence-electron chi connectivity index (χ1n) is 10.0. The molecule has 0 unspecified atom stereocenters. The number of rotatable bonds is 10. The maximum absolute atomic E-state index is 13.6. The van der Waals surface area contributed by atoms with Crippen molar-refractivity contribution in [2.24, 2.45) is 0 Å². The average Bonchev–Trinajstić information content (AvgIpc) is 3.11. The fraction of sp³-hybridized carbons (Fsp3) is 0.476. The number of amides is 2. The van der Waals surface area contributed by atoms with Crippen LogP contribution in [0.1, 0.15) is 38.1 Å². The number of anilines is 1. The van der Waals surface area contributed by atoms with Crippen LogP contribution in [0.15, 0.2) is 24.4 Å². The smallest absolute Gasteiger partial charge is 0.243 e. The molecule has 0 aliphatic rings. The van der Waals surface area contributed by atoms with Gasteiger partial charge in [-0.15, -0.1) is 11.3 Å². The highest BCUT2D eigenvalue weighted by Gasteiger charge is 2.24. The van der Waals surface area contributed by atoms with Gasteiger partial charge in [-0.05, 0) is 45.4 Å². The molecular formula is C21H29F2N5O2S. The van der Waals surface area contributed by atoms with E-state index >= 15 is 0 Å². The molecule has 2 amide bonds. The highest BCUT2D eigenvalue weighted by Crippen LogP contribution is 2.14. The fourth-order valence-electron chi connectivity index (χ4n) is 3.18. The molecule has 0 bridgehead atoms. The monoisotopic (exact) mass is 453 g/mol. The Balaban J connectivity index is 2.12. The Morgan fingerprint density at radius 2 is 1.84 bits per heavy atom. The van der Waals surface area contributed by atoms with Crippen LogP contribution < -0.4 is 16.4 Å². The van der Waals surface area contributed by atoms with Gasteiger partial charge in [0.05, 0.1) is 13.1 Å². The molecule has 0 saturated heterocycles. The zero-order valence-corrected chi connectivity index (χ0v) is 18.9. The Bertz CT molecular complexity index is 896. The van der Waals surface area contributed by atoms with Crippen LogP contribution in [0.5, 0.6) is 0 Å². The first-order valence-corrected chi connectivity index (χ1v) is 10.8. The van der Waals surface area contributed by atoms with Crippen LogP contribution in [0.2, 0.25) is 0 Å². The van der Waals surface area contributed by atoms with Crippen molar-refractivity contribution in [3.05, 3.63) is 46.5 Å². The molecule has 2 aromatic rings. The minimum absolute atomic E-state index is 0.0168. The molecule has 0 spiro atoms. The van der Waals surface area contributed by atoms with E-state index in [-0.39, 0.29) is 37.5 Å². The van der Waals surface area contributed by atoms with Crippen LogP contribution in [0.4, 0.5) is 13.9 Å². The van der Waals surface area contributed by atoms with Gasteiger partial charge in [0.2, 0.25) is 11.8 Å². The van der Waals surface area contributed by atoms with Crippen molar-refractivity contribution < 1.29 is 18.4 Å². The van der Waals surface area contributed by atoms with E-state index in [0.717, 1.165) is 17.0 Å². The second kappa shape index (κ2) is 11.1. The van der Waals surface area contributed by atoms with E-state index in [2.05, 4.69) is 15.6 Å². The van der Waals surface area contributed by atoms with Crippen molar-refractivity contribution in [2.75, 3.05) is 12.3 Å². The zero-order valence-electron chi connectivity index (χ0n) is 18.1. The third-order valence-electron chi connectivity index (χ3n) is 4.74. The van der Waals surface area contributed by atoms with Gasteiger partial charge >= 0.3 is 0 Å². The largest absolute Gasteiger partial charge is 0.375 e. The molecule has 10 heteroatoms. The Morgan fingerprint density at radius 3 is 2.39 bits per heavy atom. The topological polar surface area (TPSA) is 100 Å². The second-order valence-corrected chi connectivity index (χ2v) is 8.96. The summed E-state index contributed by atoms with van der Waals surface area (Å²) in [4.78, 5) is 32.2. The number of hydrogen-bond donors (Lipinski definition) is 3. The van der Waals surface area contributed by atoms with Crippen LogP contribution in [0.25, 0.3) is 0 Å². The molecule has 1 aromatic carbocycles. The molecular weight excluding hydrogens is 424 g/mol. The number of benzene rings is 1. The zero-order chi connectivity index (χ0) is 23.1. The second-order valence-electron chi connectivity index (χ2n) is 7.82. The average molecular weight is 454 g/mol. The Hall–Kier alpha value is -2.59. The van der Waals surface area contributed by atoms with Crippen molar-refractivity contribution in [3.63, 3.8) is 0 Å². The molecule has 2 rings (SSSR count). The molecule has 4 N–H and O–H groups in total. The summed E-state index contributed by atoms with van der Waals surface area (Å²) in [5.41, 5.74) is 6.00. The molecule has 7 nitrogen and oxygen atoms in total. The lowest BCUT2D eigenvalue weighted by molar-refractivity contribution is -0.130. The first kappa shape index (κ1) is 24.7. The number of nitrogens with two attached hydrogens (primary N) is 1. The Morgan fingerprint density at radius 1 is 1.16 bits per heavy atom. The first-order chi connectivity index (χ1) is 14.6. The predicted molar refractivity (Wildman–Crippen MR) is 117 cm³/mol. The van der Waals surface area contributed by atoms with Gasteiger partial charge in [0.25, 0.3) is 0 Å². The van der Waals surface area contributed by atoms with Gasteiger partial charge in [-0.25, -0.2) is 13.8 Å². The maximum Gasteiger partial charge on any atom is 0.243 e. The lowest BCUT2D eigenvalue weighted by Gasteiger charge is -2.30. The molecule has 1 aromatic heterocycles. The minimum atomic E-state index is -1.01. The van der Waals surface area contributed by atoms with Gasteiger partial charge in [0.15, 0.2) is 16.8 Å². The Kier molecular flexibility index (Phi) is 8.88. The van der Waals surface area contributed by atoms with Crippen molar-refractivity contribution in [1.29, 1.82) is 0 Å². The summed E-state index contributed by atoms with van der Waals surface area (Å²) in [6.45, 7) is 8.25. The number of thiazole rings is 1. The van der Waals surface area contributed by atoms with Crippen LogP contribution in [-0.2, 0) is 22.6 Å². The number of halogens is 2. The number of hydrogen-bond acceptors (Lipinski definition) is 6. The molecule has 0 fully saturated rings. The van der Waals surface area contributed by atoms with Crippen LogP contribution in [0.3, 0.4) is 0 Å². The molecule has 0 aliphatic carbocycles. The van der Waals surface area contributed by atoms with E-state index in [1.807, 2.05) is 32.6 Å². The van der Waals surface area contributed by atoms with Gasteiger partial charge in [-0.2, -0.15) is 0 Å². The summed E-state index contributed by atoms with van der Waals surface area (Å²) in [7, 11) is 0. The summed E-state index contributed by atoms with van der Waals surface area (Å²) < 4.78 is 26.9. The predicted octanol–water partition coefficient (Wildman–Crippen LogP) is 2.47. The lowest BCUT2D eigenvalue weighted by Crippen LogP contribution is -2.52. The third-order valence-corrected chi connectivity index (χ3v) is 5.56. The van der Waals surface area contributed by atoms with Gasteiger partial charge in [-0.1, -0.05) is 6.07 Å². The van der Waals surface area contributed by atoms with E-state index in [9.17, 15) is 18.4 Å². The minimum Gasteiger partial charge on any atom is -0.375 e. The molecule has 1 heterocycles. The molecule has 31 heavy (non-hydrogen) atoms. The van der Waals surface area contributed by atoms with Crippen molar-refractivity contribution in [1.82, 2.24) is 20.5 Å². The maximum atomic E-state index is 13.6. The van der Waals surface area contributed by atoms with Crippen molar-refractivity contribution in [3.8, 4) is 0 Å². The van der Waals surface area contributed by atoms with Gasteiger partial charge in [-0.3, -0.25) is 14.5 Å². The highest BCUT2D eigenvalue weighted by molar-refractivity contribution is 7.15. The van der Waals surface area contributed by atoms with Gasteiger partial charge in [0, 0.05) is 29.6 Å². The Labute approximate surface area is 185 Å². The number of carbonyl (C=O) groups excluding carboxylic acids is 2. The quantitative estimate of drug-likeness (QED) is 0.513. The summed E-state index contributed by atoms with van der Waals surface area (Å²) in [5.74, 6) is -2.74. The normalized spacial score (nSPS) is 12.4. The molecule has 0 saturated carbocycles. The standard InChI is InChI=1S/C21H29F2N5O2S/c1-12(2)28(13(3)4)11-19(29)27-18(8-14-5-6-16(22)17(23)7-14)20(30)25-9-15-10-26-21(24)31-15/h5-7,10,12-13,18H,8-9,11H2,1-4H3,(H2,24,26)(H,25,30)(H,27,29)/t18-/m0/s1. The molecule has 1 atom stereocenters. The number of carbonyl (C=O) groups is 2. The summed E-state index contributed by atoms with van der Waals surface area (Å²) in [6.07, 6.45) is 1.58. The number of nitrogens with zero attached hydrogens (tertiary/aromatic N) is 2. The fourth-order valence-corrected chi connectivity index (χ4v) is 3.80. The van der Waals surface area contributed by atoms with E-state index in [1.54, 1.807) is 6.20 Å². The third kappa shape index (κ3) is 7.55. The summed E-state index contributed by atoms with van der Waals surface area (Å²) >= 11 is 1.24. The van der Waals surface area contributed by atoms with Crippen molar-refractivity contribution >= 4 is 28.3 Å². The van der Waals surface area contributed by atoms with Crippen molar-refractivity contribution in [2.45, 2.75) is 58.8 Å². The summed E-state index contributed by atoms with van der Waals surface area (Å²) in [6, 6.07) is 2.75. The highest BCUT2D eigenvalue weighted by atomic mass is 32.1. The molecule has 0 radical (unpaired) electrons. The van der Waals surface area contributed by atoms with E-state index < -0.39 is 23.6 Å². The van der Waals surface area contributed by atoms with E-state index in [0.29, 0.717) is 10.7 Å². The van der Waals surface area contributed by atoms with E-state index in [4.69, 9.17) is 5.73 Å². The molecule has 0 aliphatic heterocycles. The number of nitrogens with one attached hydrogen (secondary N) is 2. The SMILES string of the molecule is CC(C)N(CC(=O)N[C@@H](Cc1ccc(F)c(F)c1)C(=O)NCc1cnc(N)s1)C(C)C. The van der Waals surface area contributed by atoms with Crippen LogP contribution >= 0.6 is 11.3 Å². The van der Waals surface area contributed by atoms with Crippen LogP contribution in [-0.4, -0.2) is 46.4 Å². The number of aromatic nitrogens is 1. The summed E-state index contributed by atoms with van der Waals surface area (Å²) in [5, 5.41) is 5.87. The van der Waals surface area contributed by atoms with Crippen LogP contribution in [0, 0.1) is 11.6 Å². The van der Waals surface area contributed by atoms with Gasteiger partial charge in [0.1, 0.15) is 6.04 Å². The lowest BCUT2D eigenvalue weighted by atomic mass is 10.0.